The third-order valence-corrected chi connectivity index (χ3v) is 9.48. The number of ketones is 1. The van der Waals surface area contributed by atoms with Crippen LogP contribution in [0.25, 0.3) is 0 Å². The summed E-state index contributed by atoms with van der Waals surface area (Å²) >= 11 is 0. The van der Waals surface area contributed by atoms with E-state index >= 15 is 0 Å². The van der Waals surface area contributed by atoms with E-state index in [0.29, 0.717) is 22.5 Å². The van der Waals surface area contributed by atoms with E-state index in [0.717, 1.165) is 49.4 Å². The SMILES string of the molecule is C[C@]12CC[C@@H](O)C[C@@H]1CC[C@H]1[C@@H]3CCC4C(=O)C=CC[C@@]43CC[C@@H]12. The fourth-order valence-electron chi connectivity index (χ4n) is 8.38. The summed E-state index contributed by atoms with van der Waals surface area (Å²) in [6, 6.07) is 0. The summed E-state index contributed by atoms with van der Waals surface area (Å²) in [6.07, 6.45) is 16.2. The number of hydrogen-bond acceptors (Lipinski definition) is 2. The Balaban J connectivity index is 1.47. The van der Waals surface area contributed by atoms with Gasteiger partial charge in [-0.3, -0.25) is 4.79 Å². The summed E-state index contributed by atoms with van der Waals surface area (Å²) in [6.45, 7) is 2.55. The van der Waals surface area contributed by atoms with E-state index in [-0.39, 0.29) is 6.10 Å². The van der Waals surface area contributed by atoms with Gasteiger partial charge in [0.1, 0.15) is 0 Å². The molecule has 1 unspecified atom stereocenters. The van der Waals surface area contributed by atoms with Gasteiger partial charge in [0, 0.05) is 5.92 Å². The number of carbonyl (C=O) groups excluding carboxylic acids is 1. The Bertz CT molecular complexity index is 581. The zero-order chi connectivity index (χ0) is 16.5. The first-order chi connectivity index (χ1) is 11.5. The second-order valence-electron chi connectivity index (χ2n) is 10.00. The second kappa shape index (κ2) is 5.19. The van der Waals surface area contributed by atoms with Gasteiger partial charge in [0.25, 0.3) is 0 Å². The topological polar surface area (TPSA) is 37.3 Å². The van der Waals surface area contributed by atoms with Crippen molar-refractivity contribution in [3.8, 4) is 0 Å². The number of allylic oxidation sites excluding steroid dienone is 2. The van der Waals surface area contributed by atoms with Crippen LogP contribution in [0.3, 0.4) is 0 Å². The van der Waals surface area contributed by atoms with Gasteiger partial charge in [-0.15, -0.1) is 0 Å². The van der Waals surface area contributed by atoms with E-state index in [2.05, 4.69) is 13.0 Å². The van der Waals surface area contributed by atoms with E-state index in [1.807, 2.05) is 6.08 Å². The first-order valence-corrected chi connectivity index (χ1v) is 10.4. The highest BCUT2D eigenvalue weighted by Gasteiger charge is 2.62. The Kier molecular flexibility index (Phi) is 3.38. The Labute approximate surface area is 146 Å². The van der Waals surface area contributed by atoms with Crippen molar-refractivity contribution in [2.45, 2.75) is 77.2 Å². The van der Waals surface area contributed by atoms with Gasteiger partial charge >= 0.3 is 0 Å². The summed E-state index contributed by atoms with van der Waals surface area (Å²) in [5, 5.41) is 10.1. The number of hydrogen-bond donors (Lipinski definition) is 1. The number of rotatable bonds is 0. The Hall–Kier alpha value is -0.630. The van der Waals surface area contributed by atoms with Gasteiger partial charge in [-0.2, -0.15) is 0 Å². The molecule has 5 rings (SSSR count). The quantitative estimate of drug-likeness (QED) is 0.710. The molecule has 1 spiro atoms. The molecular weight excluding hydrogens is 296 g/mol. The predicted molar refractivity (Wildman–Crippen MR) is 94.3 cm³/mol. The lowest BCUT2D eigenvalue weighted by molar-refractivity contribution is -0.140. The molecule has 0 aromatic rings. The average Bonchev–Trinajstić information content (AvgIpc) is 2.96. The van der Waals surface area contributed by atoms with Crippen molar-refractivity contribution >= 4 is 5.78 Å². The largest absolute Gasteiger partial charge is 0.393 e. The molecule has 5 aliphatic carbocycles. The second-order valence-corrected chi connectivity index (χ2v) is 10.00. The minimum absolute atomic E-state index is 0.0495. The molecule has 8 atom stereocenters. The van der Waals surface area contributed by atoms with Crippen molar-refractivity contribution in [3.63, 3.8) is 0 Å². The molecule has 1 N–H and O–H groups in total. The summed E-state index contributed by atoms with van der Waals surface area (Å²) in [7, 11) is 0. The molecule has 0 heterocycles. The van der Waals surface area contributed by atoms with Gasteiger partial charge in [0.2, 0.25) is 0 Å². The third-order valence-electron chi connectivity index (χ3n) is 9.48. The van der Waals surface area contributed by atoms with E-state index in [9.17, 15) is 9.90 Å². The number of aliphatic hydroxyl groups excluding tert-OH is 1. The standard InChI is InChI=1S/C22H32O2/c1-21-11-8-15(23)13-14(21)4-5-16-17(21)9-12-22-10-2-3-20(24)19(22)7-6-18(16)22/h2-3,14-19,23H,4-13H2,1H3/t14-,15+,16+,17-,18-,19?,21-,22-/m0/s1. The minimum atomic E-state index is -0.0495. The molecule has 2 nitrogen and oxygen atoms in total. The molecule has 24 heavy (non-hydrogen) atoms. The maximum atomic E-state index is 12.5. The molecule has 0 aromatic carbocycles. The van der Waals surface area contributed by atoms with Crippen LogP contribution in [0.5, 0.6) is 0 Å². The van der Waals surface area contributed by atoms with Crippen LogP contribution in [0.4, 0.5) is 0 Å². The lowest BCUT2D eigenvalue weighted by atomic mass is 9.43. The van der Waals surface area contributed by atoms with Gasteiger partial charge in [-0.05, 0) is 105 Å². The molecule has 4 saturated carbocycles. The van der Waals surface area contributed by atoms with Crippen molar-refractivity contribution in [3.05, 3.63) is 12.2 Å². The minimum Gasteiger partial charge on any atom is -0.393 e. The van der Waals surface area contributed by atoms with Crippen molar-refractivity contribution < 1.29 is 9.90 Å². The molecule has 4 fully saturated rings. The van der Waals surface area contributed by atoms with Crippen LogP contribution in [0.15, 0.2) is 12.2 Å². The molecule has 0 saturated heterocycles. The molecule has 0 radical (unpaired) electrons. The van der Waals surface area contributed by atoms with Crippen LogP contribution in [0.2, 0.25) is 0 Å². The zero-order valence-electron chi connectivity index (χ0n) is 15.0. The molecule has 0 aliphatic heterocycles. The van der Waals surface area contributed by atoms with Gasteiger partial charge < -0.3 is 5.11 Å². The highest BCUT2D eigenvalue weighted by atomic mass is 16.3. The summed E-state index contributed by atoms with van der Waals surface area (Å²) in [4.78, 5) is 12.5. The lowest BCUT2D eigenvalue weighted by Crippen LogP contribution is -2.55. The lowest BCUT2D eigenvalue weighted by Gasteiger charge is -2.61. The fraction of sp³-hybridized carbons (Fsp3) is 0.864. The third kappa shape index (κ3) is 1.90. The summed E-state index contributed by atoms with van der Waals surface area (Å²) in [5.41, 5.74) is 0.779. The van der Waals surface area contributed by atoms with Crippen LogP contribution in [-0.4, -0.2) is 17.0 Å². The molecule has 0 amide bonds. The smallest absolute Gasteiger partial charge is 0.159 e. The number of carbonyl (C=O) groups is 1. The van der Waals surface area contributed by atoms with Crippen LogP contribution in [0, 0.1) is 40.4 Å². The van der Waals surface area contributed by atoms with Crippen molar-refractivity contribution in [2.24, 2.45) is 40.4 Å². The predicted octanol–water partition coefficient (Wildman–Crippen LogP) is 4.52. The molecular formula is C22H32O2. The monoisotopic (exact) mass is 328 g/mol. The summed E-state index contributed by atoms with van der Waals surface area (Å²) < 4.78 is 0. The number of fused-ring (bicyclic) bond motifs is 4. The van der Waals surface area contributed by atoms with E-state index in [4.69, 9.17) is 0 Å². The van der Waals surface area contributed by atoms with Gasteiger partial charge in [0.05, 0.1) is 6.10 Å². The molecule has 0 aromatic heterocycles. The first kappa shape index (κ1) is 15.6. The molecule has 5 aliphatic rings. The van der Waals surface area contributed by atoms with Gasteiger partial charge in [-0.1, -0.05) is 13.0 Å². The maximum absolute atomic E-state index is 12.5. The highest BCUT2D eigenvalue weighted by molar-refractivity contribution is 5.93. The van der Waals surface area contributed by atoms with Crippen LogP contribution in [0.1, 0.15) is 71.1 Å². The Morgan fingerprint density at radius 3 is 2.79 bits per heavy atom. The van der Waals surface area contributed by atoms with Gasteiger partial charge in [-0.25, -0.2) is 0 Å². The highest BCUT2D eigenvalue weighted by Crippen LogP contribution is 2.69. The van der Waals surface area contributed by atoms with E-state index < -0.39 is 0 Å². The molecule has 132 valence electrons. The van der Waals surface area contributed by atoms with Crippen molar-refractivity contribution in [1.29, 1.82) is 0 Å². The maximum Gasteiger partial charge on any atom is 0.159 e. The number of aliphatic hydroxyl groups is 1. The fourth-order valence-corrected chi connectivity index (χ4v) is 8.38. The van der Waals surface area contributed by atoms with Crippen LogP contribution in [-0.2, 0) is 4.79 Å². The van der Waals surface area contributed by atoms with Crippen LogP contribution >= 0.6 is 0 Å². The Morgan fingerprint density at radius 1 is 1.04 bits per heavy atom. The van der Waals surface area contributed by atoms with E-state index in [1.165, 1.54) is 38.5 Å². The Morgan fingerprint density at radius 2 is 1.92 bits per heavy atom. The summed E-state index contributed by atoms with van der Waals surface area (Å²) in [5.74, 6) is 4.00. The van der Waals surface area contributed by atoms with Crippen LogP contribution < -0.4 is 0 Å². The van der Waals surface area contributed by atoms with E-state index in [1.54, 1.807) is 0 Å². The van der Waals surface area contributed by atoms with Crippen molar-refractivity contribution in [2.75, 3.05) is 0 Å². The first-order valence-electron chi connectivity index (χ1n) is 10.4. The molecule has 0 bridgehead atoms. The normalized spacial score (nSPS) is 56.2. The molecule has 2 heteroatoms. The zero-order valence-corrected chi connectivity index (χ0v) is 15.0. The average molecular weight is 328 g/mol. The van der Waals surface area contributed by atoms with Crippen molar-refractivity contribution in [1.82, 2.24) is 0 Å². The van der Waals surface area contributed by atoms with Gasteiger partial charge in [0.15, 0.2) is 5.78 Å².